The predicted molar refractivity (Wildman–Crippen MR) is 82.3 cm³/mol. The van der Waals surface area contributed by atoms with Crippen LogP contribution in [-0.2, 0) is 6.16 Å². The minimum atomic E-state index is -10.7. The molecule has 126 valence electrons. The van der Waals surface area contributed by atoms with E-state index in [2.05, 4.69) is 51.1 Å². The van der Waals surface area contributed by atoms with Gasteiger partial charge in [0.15, 0.2) is 0 Å². The summed E-state index contributed by atoms with van der Waals surface area (Å²) >= 11 is 0. The summed E-state index contributed by atoms with van der Waals surface area (Å²) in [6.45, 7) is 7.09. The molecule has 0 heterocycles. The van der Waals surface area contributed by atoms with Crippen molar-refractivity contribution in [1.29, 1.82) is 0 Å². The van der Waals surface area contributed by atoms with Crippen LogP contribution >= 0.6 is 15.1 Å². The van der Waals surface area contributed by atoms with E-state index in [1.807, 2.05) is 0 Å². The van der Waals surface area contributed by atoms with Crippen molar-refractivity contribution in [2.45, 2.75) is 26.9 Å². The normalized spacial score (nSPS) is 15.5. The van der Waals surface area contributed by atoms with Crippen molar-refractivity contribution in [3.63, 3.8) is 0 Å². The average Bonchev–Trinajstić information content (AvgIpc) is 2.34. The summed E-state index contributed by atoms with van der Waals surface area (Å²) in [4.78, 5) is 0. The van der Waals surface area contributed by atoms with E-state index in [0.29, 0.717) is 0 Å². The van der Waals surface area contributed by atoms with Gasteiger partial charge in [0.2, 0.25) is 0 Å². The van der Waals surface area contributed by atoms with Gasteiger partial charge in [-0.3, -0.25) is 0 Å². The van der Waals surface area contributed by atoms with E-state index in [1.165, 1.54) is 30.2 Å². The first-order valence-corrected chi connectivity index (χ1v) is 11.2. The van der Waals surface area contributed by atoms with Crippen LogP contribution in [0.25, 0.3) is 0 Å². The zero-order chi connectivity index (χ0) is 16.8. The van der Waals surface area contributed by atoms with Crippen molar-refractivity contribution in [1.82, 2.24) is 0 Å². The monoisotopic (exact) mass is 354 g/mol. The summed E-state index contributed by atoms with van der Waals surface area (Å²) in [6.07, 6.45) is 5.54. The molecule has 8 heteroatoms. The third kappa shape index (κ3) is 13.1. The molecule has 0 saturated carbocycles. The zero-order valence-corrected chi connectivity index (χ0v) is 14.2. The molecular formula is C13H22F6P2. The molecule has 1 rings (SSSR count). The van der Waals surface area contributed by atoms with Crippen molar-refractivity contribution in [3.05, 3.63) is 35.9 Å². The van der Waals surface area contributed by atoms with Gasteiger partial charge in [-0.05, 0) is 26.3 Å². The van der Waals surface area contributed by atoms with Crippen molar-refractivity contribution in [2.24, 2.45) is 0 Å². The van der Waals surface area contributed by atoms with E-state index >= 15 is 0 Å². The topological polar surface area (TPSA) is 0 Å². The van der Waals surface area contributed by atoms with Gasteiger partial charge in [-0.25, -0.2) is 0 Å². The van der Waals surface area contributed by atoms with Gasteiger partial charge in [-0.15, -0.1) is 0 Å². The Bertz CT molecular complexity index is 402. The second kappa shape index (κ2) is 6.42. The third-order valence-corrected chi connectivity index (χ3v) is 8.43. The van der Waals surface area contributed by atoms with Gasteiger partial charge in [0.25, 0.3) is 0 Å². The molecule has 0 unspecified atom stereocenters. The molecule has 0 nitrogen and oxygen atoms in total. The van der Waals surface area contributed by atoms with Gasteiger partial charge >= 0.3 is 33.0 Å². The zero-order valence-electron chi connectivity index (χ0n) is 12.4. The Morgan fingerprint density at radius 2 is 1.10 bits per heavy atom. The Balaban J connectivity index is 0.000000486. The van der Waals surface area contributed by atoms with Crippen LogP contribution in [0, 0.1) is 0 Å². The maximum atomic E-state index is 9.87. The summed E-state index contributed by atoms with van der Waals surface area (Å²) in [5.41, 5.74) is 1.53. The number of hydrogen-bond acceptors (Lipinski definition) is 0. The Hall–Kier alpha value is -0.340. The van der Waals surface area contributed by atoms with Crippen LogP contribution < -0.4 is 0 Å². The predicted octanol–water partition coefficient (Wildman–Crippen LogP) is 7.65. The van der Waals surface area contributed by atoms with Crippen molar-refractivity contribution in [3.8, 4) is 0 Å². The van der Waals surface area contributed by atoms with E-state index in [1.54, 1.807) is 0 Å². The van der Waals surface area contributed by atoms with E-state index in [4.69, 9.17) is 0 Å². The Morgan fingerprint density at radius 3 is 1.38 bits per heavy atom. The molecule has 0 saturated heterocycles. The summed E-state index contributed by atoms with van der Waals surface area (Å²) in [5, 5.41) is 0. The molecule has 0 N–H and O–H groups in total. The minimum absolute atomic E-state index is 0.661. The summed E-state index contributed by atoms with van der Waals surface area (Å²) in [6, 6.07) is 11.0. The molecule has 0 radical (unpaired) electrons. The van der Waals surface area contributed by atoms with Crippen LogP contribution in [-0.4, -0.2) is 18.5 Å². The molecule has 0 fully saturated rings. The molecule has 1 aromatic carbocycles. The molecule has 0 spiro atoms. The first-order valence-electron chi connectivity index (χ1n) is 6.66. The molecule has 21 heavy (non-hydrogen) atoms. The summed E-state index contributed by atoms with van der Waals surface area (Å²) < 4.78 is 59.2. The van der Waals surface area contributed by atoms with Crippen LogP contribution in [0.5, 0.6) is 0 Å². The quantitative estimate of drug-likeness (QED) is 0.376. The fraction of sp³-hybridized carbons (Fsp3) is 0.538. The van der Waals surface area contributed by atoms with E-state index in [9.17, 15) is 25.2 Å². The van der Waals surface area contributed by atoms with Gasteiger partial charge in [0.05, 0.1) is 24.6 Å². The molecule has 0 bridgehead atoms. The van der Waals surface area contributed by atoms with E-state index in [0.717, 1.165) is 0 Å². The van der Waals surface area contributed by atoms with Crippen LogP contribution in [0.2, 0.25) is 0 Å². The van der Waals surface area contributed by atoms with Crippen LogP contribution in [0.4, 0.5) is 25.2 Å². The molecule has 0 aliphatic carbocycles. The van der Waals surface area contributed by atoms with E-state index in [-0.39, 0.29) is 0 Å². The van der Waals surface area contributed by atoms with Gasteiger partial charge in [-0.1, -0.05) is 30.3 Å². The molecule has 0 aliphatic heterocycles. The maximum absolute atomic E-state index is 10.7. The van der Waals surface area contributed by atoms with Crippen molar-refractivity contribution in [2.75, 3.05) is 18.5 Å². The molecule has 1 aromatic rings. The van der Waals surface area contributed by atoms with Gasteiger partial charge in [0.1, 0.15) is 0 Å². The van der Waals surface area contributed by atoms with Gasteiger partial charge in [0, 0.05) is 7.26 Å². The second-order valence-corrected chi connectivity index (χ2v) is 11.7. The first-order chi connectivity index (χ1) is 9.21. The molecule has 0 aliphatic rings. The van der Waals surface area contributed by atoms with Gasteiger partial charge < -0.3 is 0 Å². The SMILES string of the molecule is CC[P+](CC)(CC)Cc1ccccc1.F[P-](F)(F)(F)(F)F. The number of rotatable bonds is 5. The fourth-order valence-electron chi connectivity index (χ4n) is 1.98. The standard InChI is InChI=1S/C13H22P.F6P/c1-4-14(5-2,6-3)12-13-10-8-7-9-11-13;1-7(2,3,4,5)6/h7-11H,4-6,12H2,1-3H3;/q+1;-1. The van der Waals surface area contributed by atoms with Crippen molar-refractivity contribution >= 4 is 15.1 Å². The van der Waals surface area contributed by atoms with Crippen LogP contribution in [0.1, 0.15) is 26.3 Å². The molecule has 0 aromatic heterocycles. The first kappa shape index (κ1) is 20.7. The molecular weight excluding hydrogens is 332 g/mol. The van der Waals surface area contributed by atoms with Gasteiger partial charge in [-0.2, -0.15) is 0 Å². The van der Waals surface area contributed by atoms with Crippen molar-refractivity contribution < 1.29 is 25.2 Å². The second-order valence-electron chi connectivity index (χ2n) is 4.89. The summed E-state index contributed by atoms with van der Waals surface area (Å²) in [5.74, 6) is 0. The molecule has 0 atom stereocenters. The summed E-state index contributed by atoms with van der Waals surface area (Å²) in [7, 11) is -11.3. The number of halogens is 6. The third-order valence-electron chi connectivity index (χ3n) is 3.37. The van der Waals surface area contributed by atoms with Crippen LogP contribution in [0.15, 0.2) is 30.3 Å². The van der Waals surface area contributed by atoms with Crippen LogP contribution in [0.3, 0.4) is 0 Å². The number of hydrogen-bond donors (Lipinski definition) is 0. The molecule has 0 amide bonds. The van der Waals surface area contributed by atoms with E-state index < -0.39 is 15.1 Å². The Labute approximate surface area is 122 Å². The number of benzene rings is 1. The average molecular weight is 354 g/mol. The Morgan fingerprint density at radius 1 is 0.762 bits per heavy atom. The fourth-order valence-corrected chi connectivity index (χ4v) is 4.97. The Kier molecular flexibility index (Phi) is 6.31.